The predicted molar refractivity (Wildman–Crippen MR) is 154 cm³/mol. The van der Waals surface area contributed by atoms with Crippen LogP contribution in [0.2, 0.25) is 0 Å². The van der Waals surface area contributed by atoms with Gasteiger partial charge in [0, 0.05) is 23.1 Å². The molecule has 0 spiro atoms. The molecule has 0 N–H and O–H groups in total. The Morgan fingerprint density at radius 3 is 2.34 bits per heavy atom. The molecule has 1 aromatic heterocycles. The number of likely N-dealkylation sites (tertiary alicyclic amines) is 1. The highest BCUT2D eigenvalue weighted by atomic mass is 32.1. The topological polar surface area (TPSA) is 68.7 Å². The lowest BCUT2D eigenvalue weighted by molar-refractivity contribution is -0.168. The molecule has 3 atom stereocenters. The van der Waals surface area contributed by atoms with E-state index in [-0.39, 0.29) is 29.1 Å². The molecular formula is C31H44N2O4S. The van der Waals surface area contributed by atoms with E-state index in [2.05, 4.69) is 46.2 Å². The van der Waals surface area contributed by atoms with Gasteiger partial charge < -0.3 is 14.4 Å². The van der Waals surface area contributed by atoms with Crippen LogP contribution in [-0.4, -0.2) is 40.0 Å². The van der Waals surface area contributed by atoms with Crippen LogP contribution in [0.4, 0.5) is 0 Å². The maximum atomic E-state index is 14.6. The molecule has 1 fully saturated rings. The zero-order valence-corrected chi connectivity index (χ0v) is 25.5. The molecule has 6 nitrogen and oxygen atoms in total. The van der Waals surface area contributed by atoms with Gasteiger partial charge in [0.25, 0.3) is 5.91 Å². The highest BCUT2D eigenvalue weighted by Gasteiger charge is 2.60. The first-order valence-electron chi connectivity index (χ1n) is 13.3. The number of hydrogen-bond acceptors (Lipinski definition) is 6. The third kappa shape index (κ3) is 5.98. The summed E-state index contributed by atoms with van der Waals surface area (Å²) in [6.07, 6.45) is 2.65. The number of amides is 1. The minimum atomic E-state index is -1.17. The van der Waals surface area contributed by atoms with Crippen molar-refractivity contribution in [1.29, 1.82) is 0 Å². The molecule has 0 radical (unpaired) electrons. The summed E-state index contributed by atoms with van der Waals surface area (Å²) < 4.78 is 11.8. The first kappa shape index (κ1) is 29.9. The van der Waals surface area contributed by atoms with Crippen molar-refractivity contribution in [2.45, 2.75) is 97.8 Å². The molecule has 38 heavy (non-hydrogen) atoms. The lowest BCUT2D eigenvalue weighted by Gasteiger charge is -2.41. The standard InChI is InChI=1S/C31H44N2O4S/c1-19(2)17-31(28(35)37-30(8,9)10)18-22(20(3)4)25(26-32-14-15-38-26)33(31)27(34)21-12-13-23(29(5,6)7)24(16-21)36-11/h12-16,19,22,25H,3,17-18H2,1-2,4-11H3/t22-,25?,31-/m0/s1. The van der Waals surface area contributed by atoms with E-state index in [1.54, 1.807) is 24.3 Å². The third-order valence-electron chi connectivity index (χ3n) is 7.02. The summed E-state index contributed by atoms with van der Waals surface area (Å²) in [4.78, 5) is 35.2. The Bertz CT molecular complexity index is 1170. The van der Waals surface area contributed by atoms with Crippen molar-refractivity contribution in [3.8, 4) is 5.75 Å². The van der Waals surface area contributed by atoms with Gasteiger partial charge in [0.2, 0.25) is 0 Å². The first-order valence-corrected chi connectivity index (χ1v) is 14.2. The van der Waals surface area contributed by atoms with Crippen molar-refractivity contribution in [2.24, 2.45) is 11.8 Å². The Morgan fingerprint density at radius 2 is 1.87 bits per heavy atom. The zero-order valence-electron chi connectivity index (χ0n) is 24.7. The third-order valence-corrected chi connectivity index (χ3v) is 7.86. The van der Waals surface area contributed by atoms with E-state index in [1.165, 1.54) is 11.3 Å². The van der Waals surface area contributed by atoms with E-state index in [0.29, 0.717) is 24.2 Å². The van der Waals surface area contributed by atoms with Crippen LogP contribution >= 0.6 is 11.3 Å². The van der Waals surface area contributed by atoms with Gasteiger partial charge in [-0.15, -0.1) is 11.3 Å². The van der Waals surface area contributed by atoms with Crippen LogP contribution in [0.25, 0.3) is 0 Å². The number of nitrogens with zero attached hydrogens (tertiary/aromatic N) is 2. The fraction of sp³-hybridized carbons (Fsp3) is 0.581. The van der Waals surface area contributed by atoms with Gasteiger partial charge in [-0.2, -0.15) is 0 Å². The Morgan fingerprint density at radius 1 is 1.21 bits per heavy atom. The fourth-order valence-electron chi connectivity index (χ4n) is 5.53. The van der Waals surface area contributed by atoms with Crippen LogP contribution in [0.1, 0.15) is 102 Å². The quantitative estimate of drug-likeness (QED) is 0.271. The zero-order chi connectivity index (χ0) is 28.6. The van der Waals surface area contributed by atoms with E-state index in [0.717, 1.165) is 16.1 Å². The van der Waals surface area contributed by atoms with Crippen molar-refractivity contribution in [3.05, 3.63) is 58.1 Å². The van der Waals surface area contributed by atoms with Gasteiger partial charge in [0.05, 0.1) is 13.2 Å². The van der Waals surface area contributed by atoms with Crippen molar-refractivity contribution in [3.63, 3.8) is 0 Å². The predicted octanol–water partition coefficient (Wildman–Crippen LogP) is 7.36. The summed E-state index contributed by atoms with van der Waals surface area (Å²) in [6, 6.07) is 5.16. The minimum Gasteiger partial charge on any atom is -0.496 e. The largest absolute Gasteiger partial charge is 0.496 e. The molecule has 0 saturated carbocycles. The molecular weight excluding hydrogens is 496 g/mol. The van der Waals surface area contributed by atoms with Gasteiger partial charge in [-0.1, -0.05) is 52.8 Å². The van der Waals surface area contributed by atoms with Crippen molar-refractivity contribution in [2.75, 3.05) is 7.11 Å². The van der Waals surface area contributed by atoms with Crippen LogP contribution in [0.3, 0.4) is 0 Å². The van der Waals surface area contributed by atoms with E-state index in [9.17, 15) is 9.59 Å². The van der Waals surface area contributed by atoms with E-state index >= 15 is 0 Å². The highest BCUT2D eigenvalue weighted by molar-refractivity contribution is 7.09. The molecule has 1 aliphatic rings. The molecule has 1 saturated heterocycles. The van der Waals surface area contributed by atoms with Gasteiger partial charge >= 0.3 is 5.97 Å². The monoisotopic (exact) mass is 540 g/mol. The number of esters is 1. The molecule has 1 amide bonds. The number of benzene rings is 1. The van der Waals surface area contributed by atoms with Crippen LogP contribution in [0, 0.1) is 11.8 Å². The Labute approximate surface area is 232 Å². The fourth-order valence-corrected chi connectivity index (χ4v) is 6.32. The molecule has 7 heteroatoms. The van der Waals surface area contributed by atoms with Gasteiger partial charge in [-0.3, -0.25) is 4.79 Å². The number of aromatic nitrogens is 1. The maximum Gasteiger partial charge on any atom is 0.332 e. The van der Waals surface area contributed by atoms with Crippen LogP contribution in [0.15, 0.2) is 41.9 Å². The summed E-state index contributed by atoms with van der Waals surface area (Å²) in [5.41, 5.74) is 0.357. The number of methoxy groups -OCH3 is 1. The summed E-state index contributed by atoms with van der Waals surface area (Å²) in [5, 5.41) is 2.70. The smallest absolute Gasteiger partial charge is 0.332 e. The molecule has 2 aromatic rings. The molecule has 1 aliphatic heterocycles. The molecule has 208 valence electrons. The van der Waals surface area contributed by atoms with Crippen LogP contribution in [-0.2, 0) is 14.9 Å². The van der Waals surface area contributed by atoms with E-state index in [4.69, 9.17) is 9.47 Å². The Balaban J connectivity index is 2.28. The van der Waals surface area contributed by atoms with Crippen molar-refractivity contribution in [1.82, 2.24) is 9.88 Å². The highest BCUT2D eigenvalue weighted by Crippen LogP contribution is 2.53. The average Bonchev–Trinajstić information content (AvgIpc) is 3.42. The molecule has 0 aliphatic carbocycles. The maximum absolute atomic E-state index is 14.6. The first-order chi connectivity index (χ1) is 17.5. The number of carbonyl (C=O) groups excluding carboxylic acids is 2. The van der Waals surface area contributed by atoms with Crippen molar-refractivity contribution < 1.29 is 19.1 Å². The Kier molecular flexibility index (Phi) is 8.52. The Hall–Kier alpha value is -2.67. The second-order valence-corrected chi connectivity index (χ2v) is 13.9. The lowest BCUT2D eigenvalue weighted by atomic mass is 9.81. The number of ether oxygens (including phenoxy) is 2. The number of carbonyl (C=O) groups is 2. The molecule has 1 unspecified atom stereocenters. The van der Waals surface area contributed by atoms with Gasteiger partial charge in [-0.25, -0.2) is 9.78 Å². The van der Waals surface area contributed by atoms with Crippen molar-refractivity contribution >= 4 is 23.2 Å². The minimum absolute atomic E-state index is 0.136. The normalized spacial score (nSPS) is 22.0. The summed E-state index contributed by atoms with van der Waals surface area (Å²) in [6.45, 7) is 22.3. The average molecular weight is 541 g/mol. The van der Waals surface area contributed by atoms with Crippen LogP contribution in [0.5, 0.6) is 5.75 Å². The van der Waals surface area contributed by atoms with Gasteiger partial charge in [-0.05, 0) is 69.6 Å². The molecule has 3 rings (SSSR count). The lowest BCUT2D eigenvalue weighted by Crippen LogP contribution is -2.56. The van der Waals surface area contributed by atoms with Gasteiger partial charge in [0.1, 0.15) is 21.9 Å². The van der Waals surface area contributed by atoms with E-state index in [1.807, 2.05) is 45.2 Å². The molecule has 2 heterocycles. The van der Waals surface area contributed by atoms with E-state index < -0.39 is 17.2 Å². The molecule has 0 bridgehead atoms. The van der Waals surface area contributed by atoms with Crippen LogP contribution < -0.4 is 4.74 Å². The molecule has 1 aromatic carbocycles. The number of rotatable bonds is 7. The number of thiazole rings is 1. The summed E-state index contributed by atoms with van der Waals surface area (Å²) >= 11 is 1.49. The SMILES string of the molecule is C=C(C)[C@@H]1C[C@@](CC(C)C)(C(=O)OC(C)(C)C)N(C(=O)c2ccc(C(C)(C)C)c(OC)c2)C1c1nccs1. The second kappa shape index (κ2) is 10.8. The summed E-state index contributed by atoms with van der Waals surface area (Å²) in [7, 11) is 1.62. The number of hydrogen-bond donors (Lipinski definition) is 0. The second-order valence-electron chi connectivity index (χ2n) is 12.9. The summed E-state index contributed by atoms with van der Waals surface area (Å²) in [5.74, 6) is 0.0231. The van der Waals surface area contributed by atoms with Gasteiger partial charge in [0.15, 0.2) is 0 Å².